The van der Waals surface area contributed by atoms with Crippen molar-refractivity contribution in [2.24, 2.45) is 0 Å². The number of amides is 6. The first-order chi connectivity index (χ1) is 18.6. The van der Waals surface area contributed by atoms with Crippen molar-refractivity contribution in [2.45, 2.75) is 90.1 Å². The summed E-state index contributed by atoms with van der Waals surface area (Å²) < 4.78 is 5.17. The van der Waals surface area contributed by atoms with Crippen molar-refractivity contribution in [3.63, 3.8) is 0 Å². The Morgan fingerprint density at radius 1 is 0.800 bits per heavy atom. The van der Waals surface area contributed by atoms with E-state index in [0.29, 0.717) is 32.2 Å². The number of rotatable bonds is 10. The highest BCUT2D eigenvalue weighted by Gasteiger charge is 2.38. The summed E-state index contributed by atoms with van der Waals surface area (Å²) in [5.74, 6) is -3.93. The Bertz CT molecular complexity index is 1010. The molecule has 15 nitrogen and oxygen atoms in total. The number of nitrogens with one attached hydrogen (secondary N) is 4. The lowest BCUT2D eigenvalue weighted by atomic mass is 10.2. The van der Waals surface area contributed by atoms with Crippen molar-refractivity contribution in [1.82, 2.24) is 31.1 Å². The molecule has 15 heteroatoms. The van der Waals surface area contributed by atoms with Gasteiger partial charge in [-0.1, -0.05) is 0 Å². The molecular formula is C25H40N6O9. The largest absolute Gasteiger partial charge is 0.480 e. The van der Waals surface area contributed by atoms with Crippen LogP contribution in [0.15, 0.2) is 0 Å². The number of hydrogen-bond acceptors (Lipinski definition) is 8. The average molecular weight is 569 g/mol. The molecule has 0 aromatic heterocycles. The second-order valence-electron chi connectivity index (χ2n) is 10.9. The highest BCUT2D eigenvalue weighted by Crippen LogP contribution is 2.20. The molecule has 0 spiro atoms. The van der Waals surface area contributed by atoms with E-state index in [2.05, 4.69) is 21.3 Å². The predicted molar refractivity (Wildman–Crippen MR) is 140 cm³/mol. The number of nitrogens with zero attached hydrogens (tertiary/aromatic N) is 2. The molecule has 224 valence electrons. The lowest BCUT2D eigenvalue weighted by Crippen LogP contribution is -2.55. The minimum absolute atomic E-state index is 0.285. The Labute approximate surface area is 232 Å². The number of carbonyl (C=O) groups excluding carboxylic acids is 6. The van der Waals surface area contributed by atoms with Gasteiger partial charge in [-0.05, 0) is 60.3 Å². The maximum absolute atomic E-state index is 12.9. The van der Waals surface area contributed by atoms with Crippen LogP contribution in [0, 0.1) is 0 Å². The van der Waals surface area contributed by atoms with Crippen LogP contribution < -0.4 is 21.3 Å². The van der Waals surface area contributed by atoms with Crippen LogP contribution in [0.4, 0.5) is 4.79 Å². The van der Waals surface area contributed by atoms with Gasteiger partial charge in [0.1, 0.15) is 36.3 Å². The van der Waals surface area contributed by atoms with E-state index in [0.717, 1.165) is 0 Å². The number of carbonyl (C=O) groups is 7. The Balaban J connectivity index is 1.85. The summed E-state index contributed by atoms with van der Waals surface area (Å²) in [6.45, 7) is 7.61. The minimum atomic E-state index is -1.20. The fourth-order valence-corrected chi connectivity index (χ4v) is 4.57. The molecule has 2 aliphatic rings. The van der Waals surface area contributed by atoms with Crippen LogP contribution in [0.5, 0.6) is 0 Å². The fourth-order valence-electron chi connectivity index (χ4n) is 4.57. The van der Waals surface area contributed by atoms with Crippen molar-refractivity contribution in [3.05, 3.63) is 0 Å². The number of carboxylic acids is 1. The van der Waals surface area contributed by atoms with Gasteiger partial charge in [0.25, 0.3) is 0 Å². The third-order valence-corrected chi connectivity index (χ3v) is 6.37. The van der Waals surface area contributed by atoms with Crippen molar-refractivity contribution in [2.75, 3.05) is 26.2 Å². The first-order valence-corrected chi connectivity index (χ1v) is 13.3. The first kappa shape index (κ1) is 32.3. The van der Waals surface area contributed by atoms with Crippen LogP contribution >= 0.6 is 0 Å². The van der Waals surface area contributed by atoms with E-state index in [9.17, 15) is 33.6 Å². The summed E-state index contributed by atoms with van der Waals surface area (Å²) in [6.07, 6.45) is 1.12. The molecular weight excluding hydrogens is 528 g/mol. The standard InChI is InChI=1S/C25H40N6O9/c1-14(22(37)30-10-7-9-17(30)21(36)27-13-19(33)34)28-18(32)12-26-20(35)16-8-6-11-31(16)23(38)15(2)29-24(39)40-25(3,4)5/h14-17H,6-13H2,1-5H3,(H,26,35)(H,27,36)(H,28,32)(H,29,39)(H,33,34)/t14-,15-,16-,17-/m0/s1. The molecule has 2 rings (SSSR count). The molecule has 0 radical (unpaired) electrons. The molecule has 2 saturated heterocycles. The van der Waals surface area contributed by atoms with Crippen molar-refractivity contribution in [1.29, 1.82) is 0 Å². The molecule has 2 heterocycles. The third-order valence-electron chi connectivity index (χ3n) is 6.37. The zero-order chi connectivity index (χ0) is 30.2. The van der Waals surface area contributed by atoms with Gasteiger partial charge in [0.15, 0.2) is 0 Å². The number of hydrogen-bond donors (Lipinski definition) is 5. The monoisotopic (exact) mass is 568 g/mol. The summed E-state index contributed by atoms with van der Waals surface area (Å²) in [6, 6.07) is -3.58. The normalized spacial score (nSPS) is 20.2. The molecule has 0 aromatic rings. The van der Waals surface area contributed by atoms with E-state index < -0.39 is 84.5 Å². The fraction of sp³-hybridized carbons (Fsp3) is 0.720. The second-order valence-corrected chi connectivity index (χ2v) is 10.9. The zero-order valence-electron chi connectivity index (χ0n) is 23.6. The molecule has 0 saturated carbocycles. The number of carboxylic acid groups (broad SMARTS) is 1. The highest BCUT2D eigenvalue weighted by molar-refractivity contribution is 5.95. The molecule has 40 heavy (non-hydrogen) atoms. The molecule has 0 unspecified atom stereocenters. The van der Waals surface area contributed by atoms with Crippen molar-refractivity contribution < 1.29 is 43.4 Å². The Morgan fingerprint density at radius 2 is 1.25 bits per heavy atom. The van der Waals surface area contributed by atoms with E-state index in [-0.39, 0.29) is 6.54 Å². The Morgan fingerprint density at radius 3 is 1.70 bits per heavy atom. The van der Waals surface area contributed by atoms with Gasteiger partial charge in [0, 0.05) is 13.1 Å². The van der Waals surface area contributed by atoms with Gasteiger partial charge in [-0.3, -0.25) is 28.8 Å². The van der Waals surface area contributed by atoms with Crippen LogP contribution in [-0.2, 0) is 33.5 Å². The number of ether oxygens (including phenoxy) is 1. The van der Waals surface area contributed by atoms with Crippen LogP contribution in [0.1, 0.15) is 60.3 Å². The van der Waals surface area contributed by atoms with Gasteiger partial charge < -0.3 is 40.9 Å². The predicted octanol–water partition coefficient (Wildman–Crippen LogP) is -1.30. The van der Waals surface area contributed by atoms with Crippen LogP contribution in [0.25, 0.3) is 0 Å². The van der Waals surface area contributed by atoms with Gasteiger partial charge in [-0.15, -0.1) is 0 Å². The average Bonchev–Trinajstić information content (AvgIpc) is 3.53. The molecule has 5 N–H and O–H groups in total. The molecule has 4 atom stereocenters. The molecule has 0 bridgehead atoms. The van der Waals surface area contributed by atoms with E-state index in [1.807, 2.05) is 0 Å². The molecule has 0 aliphatic carbocycles. The molecule has 0 aromatic carbocycles. The zero-order valence-corrected chi connectivity index (χ0v) is 23.6. The molecule has 6 amide bonds. The lowest BCUT2D eigenvalue weighted by Gasteiger charge is -2.28. The summed E-state index contributed by atoms with van der Waals surface area (Å²) >= 11 is 0. The van der Waals surface area contributed by atoms with Crippen LogP contribution in [0.2, 0.25) is 0 Å². The van der Waals surface area contributed by atoms with E-state index in [4.69, 9.17) is 9.84 Å². The van der Waals surface area contributed by atoms with E-state index in [1.54, 1.807) is 20.8 Å². The minimum Gasteiger partial charge on any atom is -0.480 e. The maximum Gasteiger partial charge on any atom is 0.408 e. The SMILES string of the molecule is C[C@H](NC(=O)CNC(=O)[C@@H]1CCCN1C(=O)[C@H](C)NC(=O)OC(C)(C)C)C(=O)N1CCC[C@H]1C(=O)NCC(=O)O. The van der Waals surface area contributed by atoms with Crippen LogP contribution in [-0.4, -0.2) is 112 Å². The Hall–Kier alpha value is -3.91. The quantitative estimate of drug-likeness (QED) is 0.212. The summed E-state index contributed by atoms with van der Waals surface area (Å²) in [5, 5.41) is 18.5. The summed E-state index contributed by atoms with van der Waals surface area (Å²) in [5.41, 5.74) is -0.738. The Kier molecular flexibility index (Phi) is 11.3. The van der Waals surface area contributed by atoms with Gasteiger partial charge in [0.2, 0.25) is 29.5 Å². The van der Waals surface area contributed by atoms with Gasteiger partial charge in [-0.2, -0.15) is 0 Å². The highest BCUT2D eigenvalue weighted by atomic mass is 16.6. The van der Waals surface area contributed by atoms with Crippen LogP contribution in [0.3, 0.4) is 0 Å². The first-order valence-electron chi connectivity index (χ1n) is 13.3. The van der Waals surface area contributed by atoms with Gasteiger partial charge in [0.05, 0.1) is 6.54 Å². The number of aliphatic carboxylic acids is 1. The smallest absolute Gasteiger partial charge is 0.408 e. The molecule has 2 aliphatic heterocycles. The third kappa shape index (κ3) is 9.38. The molecule has 2 fully saturated rings. The van der Waals surface area contributed by atoms with Gasteiger partial charge in [-0.25, -0.2) is 4.79 Å². The van der Waals surface area contributed by atoms with Gasteiger partial charge >= 0.3 is 12.1 Å². The van der Waals surface area contributed by atoms with Crippen molar-refractivity contribution >= 4 is 41.6 Å². The number of likely N-dealkylation sites (tertiary alicyclic amines) is 2. The summed E-state index contributed by atoms with van der Waals surface area (Å²) in [7, 11) is 0. The topological polar surface area (TPSA) is 204 Å². The summed E-state index contributed by atoms with van der Waals surface area (Å²) in [4.78, 5) is 88.7. The van der Waals surface area contributed by atoms with E-state index in [1.165, 1.54) is 23.6 Å². The maximum atomic E-state index is 12.9. The van der Waals surface area contributed by atoms with E-state index >= 15 is 0 Å². The van der Waals surface area contributed by atoms with Crippen molar-refractivity contribution in [3.8, 4) is 0 Å². The number of alkyl carbamates (subject to hydrolysis) is 1. The second kappa shape index (κ2) is 13.9. The lowest BCUT2D eigenvalue weighted by molar-refractivity contribution is -0.142.